The van der Waals surface area contributed by atoms with Crippen LogP contribution in [-0.4, -0.2) is 43.8 Å². The standard InChI is InChI=1S/C31H58O4Si3/c1-23-19-17-18-20-24(23)25-21-26(34-37(13,14)30(5,6)7)28(35-38(15,16)31(8,9)10)27(33-25)22-32-36(11,12)29(2,3)4/h17-21,25,27-28H,22H2,1-16H3/t25-,27+,28+/m0/s1. The summed E-state index contributed by atoms with van der Waals surface area (Å²) in [5, 5.41) is 0.245. The average Bonchev–Trinajstić information content (AvgIpc) is 2.71. The lowest BCUT2D eigenvalue weighted by Gasteiger charge is -2.47. The van der Waals surface area contributed by atoms with Crippen LogP contribution in [0.15, 0.2) is 36.1 Å². The van der Waals surface area contributed by atoms with E-state index < -0.39 is 25.0 Å². The van der Waals surface area contributed by atoms with Crippen molar-refractivity contribution in [2.45, 2.75) is 142 Å². The number of rotatable bonds is 8. The van der Waals surface area contributed by atoms with Crippen molar-refractivity contribution in [1.29, 1.82) is 0 Å². The van der Waals surface area contributed by atoms with Gasteiger partial charge in [-0.2, -0.15) is 0 Å². The molecule has 7 heteroatoms. The van der Waals surface area contributed by atoms with Gasteiger partial charge in [0.15, 0.2) is 16.6 Å². The molecule has 3 atom stereocenters. The van der Waals surface area contributed by atoms with Crippen molar-refractivity contribution < 1.29 is 18.0 Å². The Morgan fingerprint density at radius 1 is 0.737 bits per heavy atom. The maximum Gasteiger partial charge on any atom is 0.250 e. The van der Waals surface area contributed by atoms with Crippen molar-refractivity contribution in [2.75, 3.05) is 6.61 Å². The van der Waals surface area contributed by atoms with E-state index in [1.165, 1.54) is 11.1 Å². The molecule has 0 N–H and O–H groups in total. The van der Waals surface area contributed by atoms with Gasteiger partial charge >= 0.3 is 0 Å². The summed E-state index contributed by atoms with van der Waals surface area (Å²) >= 11 is 0. The van der Waals surface area contributed by atoms with Crippen LogP contribution in [0.1, 0.15) is 79.5 Å². The minimum atomic E-state index is -2.15. The molecule has 0 saturated carbocycles. The van der Waals surface area contributed by atoms with E-state index in [4.69, 9.17) is 18.0 Å². The van der Waals surface area contributed by atoms with Crippen LogP contribution in [0.3, 0.4) is 0 Å². The molecule has 0 fully saturated rings. The molecule has 2 rings (SSSR count). The van der Waals surface area contributed by atoms with Crippen molar-refractivity contribution in [3.8, 4) is 0 Å². The highest BCUT2D eigenvalue weighted by Gasteiger charge is 2.48. The monoisotopic (exact) mass is 578 g/mol. The first-order valence-electron chi connectivity index (χ1n) is 14.3. The van der Waals surface area contributed by atoms with Gasteiger partial charge in [0.2, 0.25) is 8.32 Å². The zero-order valence-electron chi connectivity index (χ0n) is 27.5. The highest BCUT2D eigenvalue weighted by molar-refractivity contribution is 6.75. The fourth-order valence-corrected chi connectivity index (χ4v) is 6.95. The third-order valence-electron chi connectivity index (χ3n) is 9.57. The fraction of sp³-hybridized carbons (Fsp3) is 0.742. The second kappa shape index (κ2) is 11.3. The van der Waals surface area contributed by atoms with Crippen LogP contribution in [0.4, 0.5) is 0 Å². The van der Waals surface area contributed by atoms with Crippen molar-refractivity contribution in [1.82, 2.24) is 0 Å². The second-order valence-electron chi connectivity index (χ2n) is 15.8. The Balaban J connectivity index is 2.65. The summed E-state index contributed by atoms with van der Waals surface area (Å²) < 4.78 is 28.0. The molecule has 1 aliphatic rings. The van der Waals surface area contributed by atoms with Gasteiger partial charge in [-0.25, -0.2) is 0 Å². The molecule has 0 radical (unpaired) electrons. The normalized spacial score (nSPS) is 22.3. The lowest BCUT2D eigenvalue weighted by atomic mass is 9.98. The molecule has 0 bridgehead atoms. The molecular weight excluding hydrogens is 521 g/mol. The van der Waals surface area contributed by atoms with Crippen molar-refractivity contribution in [2.24, 2.45) is 0 Å². The van der Waals surface area contributed by atoms with Crippen LogP contribution in [-0.2, 0) is 18.0 Å². The molecule has 0 saturated heterocycles. The van der Waals surface area contributed by atoms with E-state index in [2.05, 4.69) is 139 Å². The van der Waals surface area contributed by atoms with Crippen LogP contribution < -0.4 is 0 Å². The van der Waals surface area contributed by atoms with E-state index in [9.17, 15) is 0 Å². The number of ether oxygens (including phenoxy) is 1. The number of benzene rings is 1. The van der Waals surface area contributed by atoms with Crippen LogP contribution in [0.5, 0.6) is 0 Å². The predicted molar refractivity (Wildman–Crippen MR) is 170 cm³/mol. The van der Waals surface area contributed by atoms with Gasteiger partial charge in [-0.3, -0.25) is 0 Å². The number of aryl methyl sites for hydroxylation is 1. The average molecular weight is 579 g/mol. The van der Waals surface area contributed by atoms with E-state index in [0.29, 0.717) is 6.61 Å². The molecular formula is C31H58O4Si3. The van der Waals surface area contributed by atoms with Crippen LogP contribution in [0, 0.1) is 6.92 Å². The highest BCUT2D eigenvalue weighted by atomic mass is 28.4. The molecule has 0 aliphatic carbocycles. The molecule has 218 valence electrons. The Labute approximate surface area is 238 Å². The van der Waals surface area contributed by atoms with E-state index >= 15 is 0 Å². The summed E-state index contributed by atoms with van der Waals surface area (Å²) in [5.41, 5.74) is 2.39. The first-order valence-corrected chi connectivity index (χ1v) is 23.1. The first kappa shape index (κ1) is 33.5. The number of hydrogen-bond donors (Lipinski definition) is 0. The molecule has 38 heavy (non-hydrogen) atoms. The van der Waals surface area contributed by atoms with Gasteiger partial charge in [0.25, 0.3) is 0 Å². The second-order valence-corrected chi connectivity index (χ2v) is 30.0. The third kappa shape index (κ3) is 7.73. The zero-order valence-corrected chi connectivity index (χ0v) is 30.5. The zero-order chi connectivity index (χ0) is 29.5. The summed E-state index contributed by atoms with van der Waals surface area (Å²) in [6.45, 7) is 37.1. The van der Waals surface area contributed by atoms with Crippen molar-refractivity contribution in [3.63, 3.8) is 0 Å². The molecule has 0 unspecified atom stereocenters. The van der Waals surface area contributed by atoms with Gasteiger partial charge in [-0.1, -0.05) is 86.6 Å². The Kier molecular flexibility index (Phi) is 9.95. The summed E-state index contributed by atoms with van der Waals surface area (Å²) in [4.78, 5) is 0. The van der Waals surface area contributed by atoms with Crippen molar-refractivity contribution >= 4 is 25.0 Å². The Hall–Kier alpha value is -0.709. The Morgan fingerprint density at radius 3 is 1.71 bits per heavy atom. The maximum atomic E-state index is 7.17. The molecule has 1 aromatic rings. The third-order valence-corrected chi connectivity index (χ3v) is 22.9. The van der Waals surface area contributed by atoms with Gasteiger partial charge in [0, 0.05) is 0 Å². The maximum absolute atomic E-state index is 7.17. The minimum Gasteiger partial charge on any atom is -0.545 e. The van der Waals surface area contributed by atoms with Crippen molar-refractivity contribution in [3.05, 3.63) is 47.2 Å². The van der Waals surface area contributed by atoms with E-state index in [-0.39, 0.29) is 33.4 Å². The quantitative estimate of drug-likeness (QED) is 0.288. The van der Waals surface area contributed by atoms with Gasteiger partial charge in [-0.05, 0) is 78.5 Å². The smallest absolute Gasteiger partial charge is 0.250 e. The van der Waals surface area contributed by atoms with Crippen LogP contribution >= 0.6 is 0 Å². The van der Waals surface area contributed by atoms with Crippen LogP contribution in [0.2, 0.25) is 54.4 Å². The molecule has 0 amide bonds. The van der Waals surface area contributed by atoms with E-state index in [1.54, 1.807) is 0 Å². The molecule has 1 aromatic carbocycles. The summed E-state index contributed by atoms with van der Waals surface area (Å²) in [7, 11) is -6.29. The summed E-state index contributed by atoms with van der Waals surface area (Å²) in [5.74, 6) is 0.935. The van der Waals surface area contributed by atoms with Gasteiger partial charge in [-0.15, -0.1) is 0 Å². The SMILES string of the molecule is Cc1ccccc1[C@@H]1C=C(O[Si](C)(C)C(C)(C)C)[C@@H](O[Si](C)(C)C(C)(C)C)[C@@H](CO[Si](C)(C)C(C)(C)C)O1. The van der Waals surface area contributed by atoms with E-state index in [0.717, 1.165) is 5.76 Å². The summed E-state index contributed by atoms with van der Waals surface area (Å²) in [6.07, 6.45) is 1.44. The molecule has 0 spiro atoms. The lowest BCUT2D eigenvalue weighted by Crippen LogP contribution is -2.54. The Morgan fingerprint density at radius 2 is 1.24 bits per heavy atom. The summed E-state index contributed by atoms with van der Waals surface area (Å²) in [6, 6.07) is 8.49. The predicted octanol–water partition coefficient (Wildman–Crippen LogP) is 9.75. The lowest BCUT2D eigenvalue weighted by molar-refractivity contribution is -0.0908. The molecule has 1 heterocycles. The minimum absolute atomic E-state index is 0.0623. The van der Waals surface area contributed by atoms with Gasteiger partial charge in [0.05, 0.1) is 6.61 Å². The number of hydrogen-bond acceptors (Lipinski definition) is 4. The van der Waals surface area contributed by atoms with Crippen LogP contribution in [0.25, 0.3) is 0 Å². The highest BCUT2D eigenvalue weighted by Crippen LogP contribution is 2.45. The molecule has 4 nitrogen and oxygen atoms in total. The van der Waals surface area contributed by atoms with Gasteiger partial charge in [0.1, 0.15) is 24.1 Å². The molecule has 0 aromatic heterocycles. The van der Waals surface area contributed by atoms with E-state index in [1.807, 2.05) is 0 Å². The fourth-order valence-electron chi connectivity index (χ4n) is 3.60. The van der Waals surface area contributed by atoms with Gasteiger partial charge < -0.3 is 18.0 Å². The topological polar surface area (TPSA) is 36.9 Å². The Bertz CT molecular complexity index is 978. The molecule has 1 aliphatic heterocycles. The largest absolute Gasteiger partial charge is 0.545 e. The first-order chi connectivity index (χ1) is 16.9.